The van der Waals surface area contributed by atoms with Crippen LogP contribution in [-0.2, 0) is 14.3 Å². The van der Waals surface area contributed by atoms with Crippen LogP contribution in [0.25, 0.3) is 0 Å². The highest BCUT2D eigenvalue weighted by atomic mass is 19.1. The van der Waals surface area contributed by atoms with Crippen LogP contribution in [0, 0.1) is 11.6 Å². The number of hydrogen-bond donors (Lipinski definition) is 1. The fourth-order valence-corrected chi connectivity index (χ4v) is 2.13. The molecule has 1 aliphatic heterocycles. The van der Waals surface area contributed by atoms with Gasteiger partial charge in [0.2, 0.25) is 5.91 Å². The van der Waals surface area contributed by atoms with Gasteiger partial charge in [-0.05, 0) is 39.8 Å². The SMILES string of the molecule is CC1=C(C)C(=O)N(C(C)(C)C(=O)Nc2cc(F)cc(F)c2)CO1. The quantitative estimate of drug-likeness (QED) is 0.930. The highest BCUT2D eigenvalue weighted by Crippen LogP contribution is 2.25. The molecule has 0 spiro atoms. The number of allylic oxidation sites excluding steroid dienone is 1. The molecular formula is C16H18F2N2O3. The van der Waals surface area contributed by atoms with Crippen molar-refractivity contribution in [2.75, 3.05) is 12.0 Å². The van der Waals surface area contributed by atoms with Crippen LogP contribution in [0.1, 0.15) is 27.7 Å². The predicted octanol–water partition coefficient (Wildman–Crippen LogP) is 2.79. The zero-order valence-electron chi connectivity index (χ0n) is 13.4. The highest BCUT2D eigenvalue weighted by Gasteiger charge is 2.41. The molecule has 0 bridgehead atoms. The number of rotatable bonds is 3. The molecule has 124 valence electrons. The van der Waals surface area contributed by atoms with Crippen LogP contribution in [-0.4, -0.2) is 29.0 Å². The third-order valence-electron chi connectivity index (χ3n) is 3.86. The zero-order chi connectivity index (χ0) is 17.4. The average molecular weight is 324 g/mol. The van der Waals surface area contributed by atoms with Crippen LogP contribution in [0.3, 0.4) is 0 Å². The van der Waals surface area contributed by atoms with Crippen molar-refractivity contribution in [1.82, 2.24) is 4.90 Å². The maximum Gasteiger partial charge on any atom is 0.256 e. The maximum absolute atomic E-state index is 13.2. The predicted molar refractivity (Wildman–Crippen MR) is 80.2 cm³/mol. The number of nitrogens with zero attached hydrogens (tertiary/aromatic N) is 1. The summed E-state index contributed by atoms with van der Waals surface area (Å²) in [5.41, 5.74) is -0.870. The zero-order valence-corrected chi connectivity index (χ0v) is 13.4. The Balaban J connectivity index is 2.22. The molecular weight excluding hydrogens is 306 g/mol. The summed E-state index contributed by atoms with van der Waals surface area (Å²) >= 11 is 0. The van der Waals surface area contributed by atoms with Gasteiger partial charge in [-0.2, -0.15) is 0 Å². The minimum Gasteiger partial charge on any atom is -0.477 e. The van der Waals surface area contributed by atoms with E-state index in [-0.39, 0.29) is 18.3 Å². The number of hydrogen-bond acceptors (Lipinski definition) is 3. The van der Waals surface area contributed by atoms with Crippen molar-refractivity contribution in [3.8, 4) is 0 Å². The molecule has 23 heavy (non-hydrogen) atoms. The third kappa shape index (κ3) is 3.33. The molecule has 0 aliphatic carbocycles. The molecule has 1 aromatic carbocycles. The van der Waals surface area contributed by atoms with Crippen molar-refractivity contribution in [2.24, 2.45) is 0 Å². The van der Waals surface area contributed by atoms with E-state index >= 15 is 0 Å². The second kappa shape index (κ2) is 5.98. The fraction of sp³-hybridized carbons (Fsp3) is 0.375. The summed E-state index contributed by atoms with van der Waals surface area (Å²) in [5.74, 6) is -1.99. The van der Waals surface area contributed by atoms with E-state index in [1.807, 2.05) is 0 Å². The van der Waals surface area contributed by atoms with Crippen LogP contribution < -0.4 is 5.32 Å². The standard InChI is InChI=1S/C16H18F2N2O3/c1-9-10(2)23-8-20(14(9)21)16(3,4)15(22)19-13-6-11(17)5-12(18)7-13/h5-7H,8H2,1-4H3,(H,19,22). The fourth-order valence-electron chi connectivity index (χ4n) is 2.13. The van der Waals surface area contributed by atoms with Gasteiger partial charge in [-0.25, -0.2) is 8.78 Å². The smallest absolute Gasteiger partial charge is 0.256 e. The first-order chi connectivity index (χ1) is 10.6. The largest absolute Gasteiger partial charge is 0.477 e. The van der Waals surface area contributed by atoms with Crippen molar-refractivity contribution < 1.29 is 23.1 Å². The number of carbonyl (C=O) groups excluding carboxylic acids is 2. The Morgan fingerprint density at radius 2 is 1.78 bits per heavy atom. The van der Waals surface area contributed by atoms with Crippen LogP contribution in [0.15, 0.2) is 29.5 Å². The highest BCUT2D eigenvalue weighted by molar-refractivity contribution is 6.03. The van der Waals surface area contributed by atoms with Crippen molar-refractivity contribution in [2.45, 2.75) is 33.2 Å². The Bertz CT molecular complexity index is 678. The number of halogens is 2. The van der Waals surface area contributed by atoms with Crippen molar-refractivity contribution in [3.63, 3.8) is 0 Å². The molecule has 0 fully saturated rings. The van der Waals surface area contributed by atoms with Gasteiger partial charge in [0.1, 0.15) is 22.9 Å². The van der Waals surface area contributed by atoms with Crippen LogP contribution >= 0.6 is 0 Å². The van der Waals surface area contributed by atoms with Gasteiger partial charge in [0.25, 0.3) is 5.91 Å². The van der Waals surface area contributed by atoms with Crippen LogP contribution in [0.5, 0.6) is 0 Å². The molecule has 1 aliphatic rings. The summed E-state index contributed by atoms with van der Waals surface area (Å²) in [6.07, 6.45) is 0. The lowest BCUT2D eigenvalue weighted by Gasteiger charge is -2.39. The lowest BCUT2D eigenvalue weighted by atomic mass is 9.99. The third-order valence-corrected chi connectivity index (χ3v) is 3.86. The molecule has 5 nitrogen and oxygen atoms in total. The summed E-state index contributed by atoms with van der Waals surface area (Å²) in [6, 6.07) is 2.71. The molecule has 0 saturated heterocycles. The summed E-state index contributed by atoms with van der Waals surface area (Å²) in [4.78, 5) is 26.1. The van der Waals surface area contributed by atoms with E-state index < -0.39 is 23.1 Å². The van der Waals surface area contributed by atoms with Gasteiger partial charge >= 0.3 is 0 Å². The molecule has 2 amide bonds. The second-order valence-corrected chi connectivity index (χ2v) is 5.86. The summed E-state index contributed by atoms with van der Waals surface area (Å²) in [5, 5.41) is 2.42. The Morgan fingerprint density at radius 3 is 2.35 bits per heavy atom. The van der Waals surface area contributed by atoms with Crippen molar-refractivity contribution >= 4 is 17.5 Å². The molecule has 1 aromatic rings. The number of carbonyl (C=O) groups is 2. The Kier molecular flexibility index (Phi) is 4.40. The van der Waals surface area contributed by atoms with Gasteiger partial charge in [0, 0.05) is 11.8 Å². The van der Waals surface area contributed by atoms with Gasteiger partial charge in [-0.3, -0.25) is 14.5 Å². The van der Waals surface area contributed by atoms with E-state index in [1.54, 1.807) is 13.8 Å². The lowest BCUT2D eigenvalue weighted by molar-refractivity contribution is -0.149. The van der Waals surface area contributed by atoms with Crippen molar-refractivity contribution in [1.29, 1.82) is 0 Å². The molecule has 0 saturated carbocycles. The van der Waals surface area contributed by atoms with E-state index in [1.165, 1.54) is 18.7 Å². The first kappa shape index (κ1) is 16.9. The van der Waals surface area contributed by atoms with Gasteiger partial charge in [-0.15, -0.1) is 0 Å². The summed E-state index contributed by atoms with van der Waals surface area (Å²) in [6.45, 7) is 6.28. The lowest BCUT2D eigenvalue weighted by Crippen LogP contribution is -2.57. The molecule has 0 aromatic heterocycles. The second-order valence-electron chi connectivity index (χ2n) is 5.86. The van der Waals surface area contributed by atoms with Gasteiger partial charge in [-0.1, -0.05) is 0 Å². The topological polar surface area (TPSA) is 58.6 Å². The number of nitrogens with one attached hydrogen (secondary N) is 1. The Labute approximate surface area is 132 Å². The Morgan fingerprint density at radius 1 is 1.22 bits per heavy atom. The van der Waals surface area contributed by atoms with Crippen LogP contribution in [0.2, 0.25) is 0 Å². The van der Waals surface area contributed by atoms with Crippen molar-refractivity contribution in [3.05, 3.63) is 41.2 Å². The first-order valence-electron chi connectivity index (χ1n) is 7.02. The van der Waals surface area contributed by atoms with E-state index in [0.717, 1.165) is 12.1 Å². The summed E-state index contributed by atoms with van der Waals surface area (Å²) in [7, 11) is 0. The Hall–Kier alpha value is -2.44. The molecule has 0 radical (unpaired) electrons. The molecule has 1 N–H and O–H groups in total. The van der Waals surface area contributed by atoms with E-state index in [9.17, 15) is 18.4 Å². The minimum absolute atomic E-state index is 0.0191. The average Bonchev–Trinajstić information content (AvgIpc) is 2.43. The summed E-state index contributed by atoms with van der Waals surface area (Å²) < 4.78 is 31.8. The maximum atomic E-state index is 13.2. The monoisotopic (exact) mass is 324 g/mol. The minimum atomic E-state index is -1.26. The van der Waals surface area contributed by atoms with Gasteiger partial charge in [0.15, 0.2) is 6.73 Å². The van der Waals surface area contributed by atoms with E-state index in [4.69, 9.17) is 4.74 Å². The number of amides is 2. The van der Waals surface area contributed by atoms with E-state index in [2.05, 4.69) is 5.32 Å². The van der Waals surface area contributed by atoms with Gasteiger partial charge < -0.3 is 10.1 Å². The van der Waals surface area contributed by atoms with Crippen LogP contribution in [0.4, 0.5) is 14.5 Å². The molecule has 2 rings (SSSR count). The normalized spacial score (nSPS) is 15.6. The number of benzene rings is 1. The first-order valence-corrected chi connectivity index (χ1v) is 7.02. The molecule has 7 heteroatoms. The number of ether oxygens (including phenoxy) is 1. The molecule has 1 heterocycles. The molecule has 0 unspecified atom stereocenters. The van der Waals surface area contributed by atoms with Gasteiger partial charge in [0.05, 0.1) is 5.57 Å². The van der Waals surface area contributed by atoms with E-state index in [0.29, 0.717) is 17.4 Å². The molecule has 0 atom stereocenters. The number of anilines is 1.